The molecule has 0 unspecified atom stereocenters. The molecule has 33 heavy (non-hydrogen) atoms. The second-order valence-corrected chi connectivity index (χ2v) is 6.97. The Morgan fingerprint density at radius 3 is 2.33 bits per heavy atom. The van der Waals surface area contributed by atoms with Gasteiger partial charge >= 0.3 is 6.18 Å². The van der Waals surface area contributed by atoms with Crippen LogP contribution in [0.1, 0.15) is 30.0 Å². The van der Waals surface area contributed by atoms with Crippen LogP contribution in [0.2, 0.25) is 0 Å². The van der Waals surface area contributed by atoms with E-state index in [4.69, 9.17) is 21.9 Å². The lowest BCUT2D eigenvalue weighted by Gasteiger charge is -2.17. The van der Waals surface area contributed by atoms with E-state index in [1.54, 1.807) is 0 Å². The zero-order valence-electron chi connectivity index (χ0n) is 18.4. The van der Waals surface area contributed by atoms with Gasteiger partial charge in [0, 0.05) is 35.6 Å². The fraction of sp³-hybridized carbons (Fsp3) is 0.261. The van der Waals surface area contributed by atoms with Crippen molar-refractivity contribution in [3.05, 3.63) is 77.7 Å². The van der Waals surface area contributed by atoms with Gasteiger partial charge in [-0.25, -0.2) is 4.99 Å². The van der Waals surface area contributed by atoms with Crippen LogP contribution in [0.15, 0.2) is 66.0 Å². The van der Waals surface area contributed by atoms with Crippen molar-refractivity contribution in [2.75, 3.05) is 25.0 Å². The van der Waals surface area contributed by atoms with E-state index in [1.807, 2.05) is 31.2 Å². The highest BCUT2D eigenvalue weighted by Gasteiger charge is 2.34. The van der Waals surface area contributed by atoms with Crippen LogP contribution in [0, 0.1) is 0 Å². The summed E-state index contributed by atoms with van der Waals surface area (Å²) in [5, 5.41) is 6.11. The molecule has 0 bridgehead atoms. The van der Waals surface area contributed by atoms with Gasteiger partial charge in [0.25, 0.3) is 0 Å². The summed E-state index contributed by atoms with van der Waals surface area (Å²) in [6, 6.07) is 12.3. The molecule has 0 saturated carbocycles. The lowest BCUT2D eigenvalue weighted by Crippen LogP contribution is -2.30. The minimum Gasteiger partial charge on any atom is -0.476 e. The third-order valence-electron chi connectivity index (χ3n) is 4.43. The van der Waals surface area contributed by atoms with Crippen LogP contribution in [0.25, 0.3) is 11.4 Å². The highest BCUT2D eigenvalue weighted by Crippen LogP contribution is 2.36. The Kier molecular flexibility index (Phi) is 9.17. The lowest BCUT2D eigenvalue weighted by molar-refractivity contribution is -0.137. The summed E-state index contributed by atoms with van der Waals surface area (Å²) in [7, 11) is 0. The summed E-state index contributed by atoms with van der Waals surface area (Å²) < 4.78 is 46.1. The topological polar surface area (TPSA) is 124 Å². The third kappa shape index (κ3) is 7.18. The quantitative estimate of drug-likeness (QED) is 0.209. The predicted octanol–water partition coefficient (Wildman–Crippen LogP) is 3.66. The summed E-state index contributed by atoms with van der Waals surface area (Å²) in [6.45, 7) is 6.88. The second-order valence-electron chi connectivity index (χ2n) is 6.97. The Labute approximate surface area is 191 Å². The maximum Gasteiger partial charge on any atom is 0.417 e. The monoisotopic (exact) mass is 462 g/mol. The smallest absolute Gasteiger partial charge is 0.417 e. The van der Waals surface area contributed by atoms with Gasteiger partial charge < -0.3 is 32.6 Å². The van der Waals surface area contributed by atoms with Gasteiger partial charge in [-0.3, -0.25) is 0 Å². The van der Waals surface area contributed by atoms with E-state index in [2.05, 4.69) is 22.2 Å². The van der Waals surface area contributed by atoms with Crippen molar-refractivity contribution in [1.29, 1.82) is 0 Å². The first kappa shape index (κ1) is 25.6. The number of rotatable bonds is 10. The van der Waals surface area contributed by atoms with Crippen molar-refractivity contribution >= 4 is 23.0 Å². The molecule has 0 aromatic heterocycles. The number of hydrogen-bond acceptors (Lipinski definition) is 5. The number of benzene rings is 2. The first-order valence-corrected chi connectivity index (χ1v) is 10.3. The summed E-state index contributed by atoms with van der Waals surface area (Å²) in [5.41, 5.74) is 17.9. The van der Waals surface area contributed by atoms with Gasteiger partial charge in [0.15, 0.2) is 5.96 Å². The fourth-order valence-corrected chi connectivity index (χ4v) is 2.95. The minimum atomic E-state index is -4.64. The van der Waals surface area contributed by atoms with Gasteiger partial charge in [-0.1, -0.05) is 49.9 Å². The molecule has 2 rings (SSSR count). The van der Waals surface area contributed by atoms with Crippen molar-refractivity contribution in [3.8, 4) is 0 Å². The van der Waals surface area contributed by atoms with Gasteiger partial charge in [0.05, 0.1) is 5.56 Å². The molecule has 0 aliphatic carbocycles. The molecule has 178 valence electrons. The molecule has 0 heterocycles. The van der Waals surface area contributed by atoms with Gasteiger partial charge in [-0.05, 0) is 18.6 Å². The first-order valence-electron chi connectivity index (χ1n) is 10.3. The standard InChI is InChI=1S/C23H29F3N6O/c1-3-13-30-19-11-7-5-8-16(19)15(2)31-22(29)32-20(21(28)33-14-12-27)17-9-4-6-10-18(17)23(24,25)26/h4-11,30H,2-3,12-14,27-28H2,1H3,(H3,29,31,32)/b21-20+. The number of nitrogens with one attached hydrogen (secondary N) is 2. The molecule has 0 aliphatic heterocycles. The molecule has 0 fully saturated rings. The molecule has 2 aromatic carbocycles. The number of para-hydroxylation sites is 1. The predicted molar refractivity (Wildman–Crippen MR) is 127 cm³/mol. The largest absolute Gasteiger partial charge is 0.476 e. The number of aliphatic imine (C=N–C) groups is 1. The Balaban J connectivity index is 2.43. The maximum atomic E-state index is 13.6. The number of nitrogens with zero attached hydrogens (tertiary/aromatic N) is 1. The number of ether oxygens (including phenoxy) is 1. The number of anilines is 1. The minimum absolute atomic E-state index is 0.00441. The zero-order valence-corrected chi connectivity index (χ0v) is 18.4. The summed E-state index contributed by atoms with van der Waals surface area (Å²) in [5.74, 6) is -0.547. The molecule has 7 nitrogen and oxygen atoms in total. The SMILES string of the molecule is C=C(NC(N)=N/C(=C(\N)OCCN)c1ccccc1C(F)(F)F)c1ccccc1NCCC. The van der Waals surface area contributed by atoms with Crippen LogP contribution in [-0.4, -0.2) is 25.7 Å². The number of nitrogens with two attached hydrogens (primary N) is 3. The first-order chi connectivity index (χ1) is 15.7. The summed E-state index contributed by atoms with van der Waals surface area (Å²) in [6.07, 6.45) is -3.71. The molecule has 8 N–H and O–H groups in total. The number of halogens is 3. The molecular weight excluding hydrogens is 433 g/mol. The van der Waals surface area contributed by atoms with Crippen molar-refractivity contribution in [2.24, 2.45) is 22.2 Å². The molecule has 0 aliphatic rings. The molecule has 10 heteroatoms. The van der Waals surface area contributed by atoms with Crippen molar-refractivity contribution in [1.82, 2.24) is 5.32 Å². The average molecular weight is 463 g/mol. The van der Waals surface area contributed by atoms with E-state index in [1.165, 1.54) is 18.2 Å². The molecule has 0 saturated heterocycles. The van der Waals surface area contributed by atoms with Crippen LogP contribution in [-0.2, 0) is 10.9 Å². The normalized spacial score (nSPS) is 12.7. The van der Waals surface area contributed by atoms with E-state index < -0.39 is 11.7 Å². The fourth-order valence-electron chi connectivity index (χ4n) is 2.95. The molecule has 2 aromatic rings. The van der Waals surface area contributed by atoms with Gasteiger partial charge in [0.2, 0.25) is 5.88 Å². The van der Waals surface area contributed by atoms with Gasteiger partial charge in [-0.15, -0.1) is 0 Å². The average Bonchev–Trinajstić information content (AvgIpc) is 2.79. The Hall–Kier alpha value is -3.66. The van der Waals surface area contributed by atoms with E-state index in [-0.39, 0.29) is 36.3 Å². The Morgan fingerprint density at radius 1 is 1.06 bits per heavy atom. The van der Waals surface area contributed by atoms with Crippen LogP contribution < -0.4 is 27.8 Å². The van der Waals surface area contributed by atoms with Crippen LogP contribution in [0.3, 0.4) is 0 Å². The van der Waals surface area contributed by atoms with E-state index in [0.29, 0.717) is 5.70 Å². The van der Waals surface area contributed by atoms with Crippen molar-refractivity contribution < 1.29 is 17.9 Å². The van der Waals surface area contributed by atoms with Crippen LogP contribution in [0.5, 0.6) is 0 Å². The van der Waals surface area contributed by atoms with Crippen LogP contribution >= 0.6 is 0 Å². The van der Waals surface area contributed by atoms with Gasteiger partial charge in [0.1, 0.15) is 12.3 Å². The molecule has 0 atom stereocenters. The maximum absolute atomic E-state index is 13.6. The van der Waals surface area contributed by atoms with Crippen molar-refractivity contribution in [3.63, 3.8) is 0 Å². The second kappa shape index (κ2) is 11.8. The van der Waals surface area contributed by atoms with E-state index in [9.17, 15) is 13.2 Å². The third-order valence-corrected chi connectivity index (χ3v) is 4.43. The Bertz CT molecular complexity index is 1020. The van der Waals surface area contributed by atoms with Crippen molar-refractivity contribution in [2.45, 2.75) is 19.5 Å². The van der Waals surface area contributed by atoms with E-state index >= 15 is 0 Å². The van der Waals surface area contributed by atoms with Gasteiger partial charge in [-0.2, -0.15) is 13.2 Å². The number of alkyl halides is 3. The molecule has 0 radical (unpaired) electrons. The summed E-state index contributed by atoms with van der Waals surface area (Å²) >= 11 is 0. The lowest BCUT2D eigenvalue weighted by atomic mass is 10.0. The summed E-state index contributed by atoms with van der Waals surface area (Å²) in [4.78, 5) is 4.12. The molecule has 0 spiro atoms. The number of hydrogen-bond donors (Lipinski definition) is 5. The highest BCUT2D eigenvalue weighted by molar-refractivity contribution is 5.93. The molecule has 0 amide bonds. The molecular formula is C23H29F3N6O. The van der Waals surface area contributed by atoms with E-state index in [0.717, 1.165) is 30.3 Å². The highest BCUT2D eigenvalue weighted by atomic mass is 19.4. The number of guanidine groups is 1. The zero-order chi connectivity index (χ0) is 24.4. The van der Waals surface area contributed by atoms with Crippen LogP contribution in [0.4, 0.5) is 18.9 Å². The Morgan fingerprint density at radius 2 is 1.70 bits per heavy atom.